The van der Waals surface area contributed by atoms with Crippen LogP contribution in [0.15, 0.2) is 48.8 Å². The first-order chi connectivity index (χ1) is 9.92. The third-order valence-corrected chi connectivity index (χ3v) is 4.97. The zero-order valence-electron chi connectivity index (χ0n) is 10.9. The predicted molar refractivity (Wildman–Crippen MR) is 77.6 cm³/mol. The topological polar surface area (TPSA) is 7.76 Å². The predicted octanol–water partition coefficient (Wildman–Crippen LogP) is 2.44. The maximum atomic E-state index is 2.42. The van der Waals surface area contributed by atoms with E-state index in [0.717, 1.165) is 13.1 Å². The van der Waals surface area contributed by atoms with Gasteiger partial charge in [0.2, 0.25) is 11.0 Å². The van der Waals surface area contributed by atoms with Crippen molar-refractivity contribution < 1.29 is 9.13 Å². The molecule has 92 valence electrons. The first-order valence-corrected chi connectivity index (χ1v) is 7.12. The minimum Gasteiger partial charge on any atom is -0.193 e. The molecule has 20 heavy (non-hydrogen) atoms. The lowest BCUT2D eigenvalue weighted by atomic mass is 9.98. The average Bonchev–Trinajstić information content (AvgIpc) is 3.03. The Balaban J connectivity index is 2.15. The number of aromatic nitrogens is 2. The summed E-state index contributed by atoms with van der Waals surface area (Å²) in [7, 11) is 0. The van der Waals surface area contributed by atoms with Crippen LogP contribution in [0.3, 0.4) is 0 Å². The molecule has 6 rings (SSSR count). The molecule has 0 spiro atoms. The quantitative estimate of drug-likeness (QED) is 0.291. The highest BCUT2D eigenvalue weighted by Crippen LogP contribution is 2.39. The summed E-state index contributed by atoms with van der Waals surface area (Å²) in [5.41, 5.74) is 5.78. The highest BCUT2D eigenvalue weighted by atomic mass is 15.0. The lowest BCUT2D eigenvalue weighted by Crippen LogP contribution is -2.31. The zero-order valence-corrected chi connectivity index (χ0v) is 10.9. The Hall–Kier alpha value is -2.48. The molecule has 2 aromatic heterocycles. The Morgan fingerprint density at radius 3 is 2.40 bits per heavy atom. The van der Waals surface area contributed by atoms with Gasteiger partial charge in [-0.15, -0.1) is 0 Å². The number of benzene rings is 2. The molecule has 2 heteroatoms. The Morgan fingerprint density at radius 2 is 1.45 bits per heavy atom. The Bertz CT molecular complexity index is 1000. The fourth-order valence-corrected chi connectivity index (χ4v) is 4.21. The number of hydrogen-bond acceptors (Lipinski definition) is 0. The molecule has 0 radical (unpaired) electrons. The molecule has 4 aromatic rings. The third-order valence-electron chi connectivity index (χ3n) is 4.97. The summed E-state index contributed by atoms with van der Waals surface area (Å²) in [5.74, 6) is 0. The van der Waals surface area contributed by atoms with E-state index in [9.17, 15) is 0 Å². The van der Waals surface area contributed by atoms with Gasteiger partial charge in [0.05, 0.1) is 10.8 Å². The van der Waals surface area contributed by atoms with Gasteiger partial charge in [-0.3, -0.25) is 0 Å². The monoisotopic (exact) mass is 256 g/mol. The highest BCUT2D eigenvalue weighted by molar-refractivity contribution is 6.23. The van der Waals surface area contributed by atoms with E-state index in [-0.39, 0.29) is 0 Å². The van der Waals surface area contributed by atoms with Crippen molar-refractivity contribution >= 4 is 32.6 Å². The maximum absolute atomic E-state index is 2.42. The average molecular weight is 256 g/mol. The van der Waals surface area contributed by atoms with E-state index in [0.29, 0.717) is 0 Å². The van der Waals surface area contributed by atoms with Crippen molar-refractivity contribution in [3.05, 3.63) is 59.9 Å². The van der Waals surface area contributed by atoms with Gasteiger partial charge in [0.1, 0.15) is 5.39 Å². The fraction of sp³-hybridized carbons (Fsp3) is 0.111. The Labute approximate surface area is 115 Å². The molecule has 2 aliphatic heterocycles. The van der Waals surface area contributed by atoms with E-state index in [4.69, 9.17) is 0 Å². The molecule has 0 unspecified atom stereocenters. The summed E-state index contributed by atoms with van der Waals surface area (Å²) >= 11 is 0. The number of fused-ring (bicyclic) bond motifs is 1. The van der Waals surface area contributed by atoms with E-state index in [1.807, 2.05) is 0 Å². The van der Waals surface area contributed by atoms with Crippen LogP contribution in [0.25, 0.3) is 32.6 Å². The van der Waals surface area contributed by atoms with Crippen LogP contribution in [0.4, 0.5) is 0 Å². The van der Waals surface area contributed by atoms with E-state index in [1.165, 1.54) is 43.7 Å². The molecule has 2 nitrogen and oxygen atoms in total. The maximum Gasteiger partial charge on any atom is 0.228 e. The summed E-state index contributed by atoms with van der Waals surface area (Å²) in [4.78, 5) is 0. The van der Waals surface area contributed by atoms with Crippen molar-refractivity contribution in [3.63, 3.8) is 0 Å². The van der Waals surface area contributed by atoms with E-state index < -0.39 is 0 Å². The molecule has 0 N–H and O–H groups in total. The van der Waals surface area contributed by atoms with Crippen molar-refractivity contribution in [3.8, 4) is 0 Å². The van der Waals surface area contributed by atoms with Crippen LogP contribution >= 0.6 is 0 Å². The van der Waals surface area contributed by atoms with Crippen LogP contribution < -0.4 is 9.13 Å². The van der Waals surface area contributed by atoms with Crippen LogP contribution in [0.1, 0.15) is 11.1 Å². The molecule has 0 bridgehead atoms. The Morgan fingerprint density at radius 1 is 0.650 bits per heavy atom. The zero-order chi connectivity index (χ0) is 12.8. The minimum atomic E-state index is 1.01. The summed E-state index contributed by atoms with van der Waals surface area (Å²) in [6.45, 7) is 2.02. The van der Waals surface area contributed by atoms with Crippen molar-refractivity contribution in [2.24, 2.45) is 0 Å². The standard InChI is InChI=1S/C18H12N2/c1-3-11-9-20-8-6-12-10-19-7-2-5-14-13(4-1)15(11)18(20)16(12)17(14)19/h1-8H,9-10H2/q+2. The van der Waals surface area contributed by atoms with Crippen LogP contribution in [-0.4, -0.2) is 0 Å². The largest absolute Gasteiger partial charge is 0.228 e. The number of rotatable bonds is 0. The molecule has 0 saturated carbocycles. The molecule has 2 aromatic carbocycles. The van der Waals surface area contributed by atoms with Crippen molar-refractivity contribution in [1.82, 2.24) is 0 Å². The van der Waals surface area contributed by atoms with Gasteiger partial charge in [0, 0.05) is 28.6 Å². The van der Waals surface area contributed by atoms with Gasteiger partial charge in [-0.1, -0.05) is 18.2 Å². The summed E-state index contributed by atoms with van der Waals surface area (Å²) < 4.78 is 4.81. The highest BCUT2D eigenvalue weighted by Gasteiger charge is 2.35. The lowest BCUT2D eigenvalue weighted by molar-refractivity contribution is -0.658. The van der Waals surface area contributed by atoms with E-state index in [2.05, 4.69) is 57.9 Å². The van der Waals surface area contributed by atoms with Gasteiger partial charge < -0.3 is 0 Å². The second-order valence-electron chi connectivity index (χ2n) is 5.93. The van der Waals surface area contributed by atoms with Gasteiger partial charge in [0.25, 0.3) is 0 Å². The molecule has 0 amide bonds. The molecule has 0 aliphatic carbocycles. The van der Waals surface area contributed by atoms with Crippen LogP contribution in [0.5, 0.6) is 0 Å². The third kappa shape index (κ3) is 0.837. The molecule has 0 saturated heterocycles. The first kappa shape index (κ1) is 9.43. The SMILES string of the molecule is c1cc2c3c(c1)c1ccc[n+]4c1c1c(cc[n+](c31)C2)C4. The van der Waals surface area contributed by atoms with E-state index in [1.54, 1.807) is 0 Å². The van der Waals surface area contributed by atoms with Gasteiger partial charge >= 0.3 is 0 Å². The summed E-state index contributed by atoms with van der Waals surface area (Å²) in [6, 6.07) is 13.5. The number of pyridine rings is 2. The first-order valence-electron chi connectivity index (χ1n) is 7.12. The molecule has 4 heterocycles. The van der Waals surface area contributed by atoms with Crippen molar-refractivity contribution in [2.45, 2.75) is 13.1 Å². The summed E-state index contributed by atoms with van der Waals surface area (Å²) in [6.07, 6.45) is 4.47. The van der Waals surface area contributed by atoms with Gasteiger partial charge in [-0.25, -0.2) is 0 Å². The number of nitrogens with zero attached hydrogens (tertiary/aromatic N) is 2. The molecule has 0 fully saturated rings. The molecule has 2 aliphatic rings. The van der Waals surface area contributed by atoms with Crippen LogP contribution in [0, 0.1) is 0 Å². The fourth-order valence-electron chi connectivity index (χ4n) is 4.21. The second-order valence-corrected chi connectivity index (χ2v) is 5.93. The van der Waals surface area contributed by atoms with Gasteiger partial charge in [-0.2, -0.15) is 9.13 Å². The Kier molecular flexibility index (Phi) is 1.33. The minimum absolute atomic E-state index is 1.01. The molecular weight excluding hydrogens is 244 g/mol. The van der Waals surface area contributed by atoms with Gasteiger partial charge in [-0.05, 0) is 6.07 Å². The van der Waals surface area contributed by atoms with Crippen LogP contribution in [0.2, 0.25) is 0 Å². The molecule has 0 atom stereocenters. The smallest absolute Gasteiger partial charge is 0.193 e. The van der Waals surface area contributed by atoms with Gasteiger partial charge in [0.15, 0.2) is 25.5 Å². The lowest BCUT2D eigenvalue weighted by Gasteiger charge is -2.00. The molecular formula is C18H12N2+2. The van der Waals surface area contributed by atoms with Crippen molar-refractivity contribution in [1.29, 1.82) is 0 Å². The number of hydrogen-bond donors (Lipinski definition) is 0. The second kappa shape index (κ2) is 2.83. The van der Waals surface area contributed by atoms with Crippen molar-refractivity contribution in [2.75, 3.05) is 0 Å². The van der Waals surface area contributed by atoms with Crippen LogP contribution in [-0.2, 0) is 13.1 Å². The van der Waals surface area contributed by atoms with E-state index >= 15 is 0 Å². The normalized spacial score (nSPS) is 14.6. The summed E-state index contributed by atoms with van der Waals surface area (Å²) in [5, 5.41) is 5.75.